The molecule has 0 saturated carbocycles. The molecule has 0 N–H and O–H groups in total. The Morgan fingerprint density at radius 3 is 2.29 bits per heavy atom. The predicted octanol–water partition coefficient (Wildman–Crippen LogP) is 5.79. The van der Waals surface area contributed by atoms with Crippen LogP contribution in [-0.2, 0) is 19.5 Å². The van der Waals surface area contributed by atoms with Gasteiger partial charge in [-0.3, -0.25) is 4.79 Å². The molecule has 0 unspecified atom stereocenters. The second-order valence-corrected chi connectivity index (χ2v) is 8.32. The van der Waals surface area contributed by atoms with Gasteiger partial charge in [-0.1, -0.05) is 48.0 Å². The highest BCUT2D eigenvalue weighted by atomic mass is 35.5. The van der Waals surface area contributed by atoms with Crippen LogP contribution in [0.2, 0.25) is 5.02 Å². The normalized spacial score (nSPS) is 13.4. The summed E-state index contributed by atoms with van der Waals surface area (Å²) in [6, 6.07) is 17.5. The van der Waals surface area contributed by atoms with Gasteiger partial charge in [0.25, 0.3) is 5.91 Å². The molecule has 2 aromatic carbocycles. The molecule has 0 bridgehead atoms. The molecular weight excluding hydrogens is 431 g/mol. The number of benzene rings is 2. The minimum absolute atomic E-state index is 0. The maximum atomic E-state index is 13.0. The first-order chi connectivity index (χ1) is 14.5. The summed E-state index contributed by atoms with van der Waals surface area (Å²) in [6.07, 6.45) is 4.82. The van der Waals surface area contributed by atoms with Crippen molar-refractivity contribution in [2.45, 2.75) is 19.5 Å². The average molecular weight is 457 g/mol. The van der Waals surface area contributed by atoms with Crippen LogP contribution in [0.25, 0.3) is 12.2 Å². The number of carbonyl (C=O) groups is 1. The summed E-state index contributed by atoms with van der Waals surface area (Å²) in [5.74, 6) is 2.03. The first-order valence-electron chi connectivity index (χ1n) is 10.1. The number of hydrogen-bond acceptors (Lipinski definition) is 3. The lowest BCUT2D eigenvalue weighted by atomic mass is 10.1. The Balaban J connectivity index is 0.00000272. The van der Waals surface area contributed by atoms with Gasteiger partial charge in [-0.25, -0.2) is 0 Å². The van der Waals surface area contributed by atoms with Crippen LogP contribution < -0.4 is 0 Å². The lowest BCUT2D eigenvalue weighted by molar-refractivity contribution is 0.0729. The van der Waals surface area contributed by atoms with Gasteiger partial charge in [0.05, 0.1) is 6.54 Å². The first kappa shape index (κ1) is 23.1. The third-order valence-corrected chi connectivity index (χ3v) is 5.42. The van der Waals surface area contributed by atoms with E-state index in [-0.39, 0.29) is 18.3 Å². The number of hydrogen-bond donors (Lipinski definition) is 0. The molecule has 0 atom stereocenters. The van der Waals surface area contributed by atoms with Gasteiger partial charge in [-0.2, -0.15) is 0 Å². The van der Waals surface area contributed by atoms with Crippen molar-refractivity contribution in [3.05, 3.63) is 93.4 Å². The summed E-state index contributed by atoms with van der Waals surface area (Å²) in [4.78, 5) is 17.0. The predicted molar refractivity (Wildman–Crippen MR) is 129 cm³/mol. The zero-order valence-corrected chi connectivity index (χ0v) is 19.2. The van der Waals surface area contributed by atoms with Crippen molar-refractivity contribution >= 4 is 42.1 Å². The molecule has 1 aliphatic rings. The largest absolute Gasteiger partial charge is 0.464 e. The molecule has 2 heterocycles. The lowest BCUT2D eigenvalue weighted by Gasteiger charge is -2.26. The lowest BCUT2D eigenvalue weighted by Crippen LogP contribution is -2.35. The van der Waals surface area contributed by atoms with Crippen LogP contribution in [0, 0.1) is 0 Å². The second kappa shape index (κ2) is 10.2. The van der Waals surface area contributed by atoms with E-state index in [1.165, 1.54) is 0 Å². The first-order valence-corrected chi connectivity index (χ1v) is 10.4. The third kappa shape index (κ3) is 5.79. The van der Waals surface area contributed by atoms with E-state index in [1.54, 1.807) is 0 Å². The number of carbonyl (C=O) groups excluding carboxylic acids is 1. The summed E-state index contributed by atoms with van der Waals surface area (Å²) in [7, 11) is 4.04. The summed E-state index contributed by atoms with van der Waals surface area (Å²) in [5.41, 5.74) is 3.95. The van der Waals surface area contributed by atoms with Crippen LogP contribution in [0.3, 0.4) is 0 Å². The van der Waals surface area contributed by atoms with E-state index in [4.69, 9.17) is 16.0 Å². The smallest absolute Gasteiger partial charge is 0.254 e. The Kier molecular flexibility index (Phi) is 7.60. The van der Waals surface area contributed by atoms with Gasteiger partial charge in [-0.05, 0) is 55.6 Å². The van der Waals surface area contributed by atoms with Crippen molar-refractivity contribution in [3.63, 3.8) is 0 Å². The second-order valence-electron chi connectivity index (χ2n) is 7.88. The summed E-state index contributed by atoms with van der Waals surface area (Å²) in [6.45, 7) is 2.05. The number of rotatable bonds is 5. The zero-order valence-electron chi connectivity index (χ0n) is 17.7. The van der Waals surface area contributed by atoms with Crippen LogP contribution >= 0.6 is 24.0 Å². The number of nitrogens with zero attached hydrogens (tertiary/aromatic N) is 2. The zero-order chi connectivity index (χ0) is 21.1. The fourth-order valence-corrected chi connectivity index (χ4v) is 3.77. The molecule has 0 aliphatic carbocycles. The Morgan fingerprint density at radius 2 is 1.68 bits per heavy atom. The highest BCUT2D eigenvalue weighted by Crippen LogP contribution is 2.25. The van der Waals surface area contributed by atoms with Gasteiger partial charge >= 0.3 is 0 Å². The molecule has 6 heteroatoms. The summed E-state index contributed by atoms with van der Waals surface area (Å²) in [5, 5.41) is 0.726. The molecular formula is C25H26Cl2N2O2. The molecule has 0 radical (unpaired) electrons. The topological polar surface area (TPSA) is 36.7 Å². The van der Waals surface area contributed by atoms with Gasteiger partial charge in [0.1, 0.15) is 11.5 Å². The Bertz CT molecular complexity index is 1050. The van der Waals surface area contributed by atoms with E-state index in [1.807, 2.05) is 79.7 Å². The fourth-order valence-electron chi connectivity index (χ4n) is 3.64. The van der Waals surface area contributed by atoms with E-state index in [2.05, 4.69) is 11.0 Å². The molecule has 4 nitrogen and oxygen atoms in total. The maximum absolute atomic E-state index is 13.0. The molecule has 1 aromatic heterocycles. The van der Waals surface area contributed by atoms with Crippen molar-refractivity contribution in [2.24, 2.45) is 0 Å². The molecule has 1 amide bonds. The molecule has 4 rings (SSSR count). The number of furan rings is 1. The van der Waals surface area contributed by atoms with Crippen LogP contribution in [0.4, 0.5) is 0 Å². The Hall–Kier alpha value is -2.53. The highest BCUT2D eigenvalue weighted by Gasteiger charge is 2.25. The summed E-state index contributed by atoms with van der Waals surface area (Å²) >= 11 is 5.92. The molecule has 1 aliphatic heterocycles. The SMILES string of the molecule is CN(C)Cc1cc2c(o1)CCN(C(=O)c1ccc(C=Cc3ccc(Cl)cc3)cc1)C2.Cl. The van der Waals surface area contributed by atoms with Gasteiger partial charge in [0.2, 0.25) is 0 Å². The number of amides is 1. The van der Waals surface area contributed by atoms with E-state index in [0.29, 0.717) is 18.7 Å². The van der Waals surface area contributed by atoms with Crippen molar-refractivity contribution in [2.75, 3.05) is 20.6 Å². The van der Waals surface area contributed by atoms with Crippen LogP contribution in [0.15, 0.2) is 59.0 Å². The third-order valence-electron chi connectivity index (χ3n) is 5.17. The maximum Gasteiger partial charge on any atom is 0.254 e. The monoisotopic (exact) mass is 456 g/mol. The summed E-state index contributed by atoms with van der Waals surface area (Å²) < 4.78 is 5.94. The van der Waals surface area contributed by atoms with Crippen molar-refractivity contribution in [3.8, 4) is 0 Å². The van der Waals surface area contributed by atoms with Crippen LogP contribution in [0.1, 0.15) is 38.6 Å². The molecule has 31 heavy (non-hydrogen) atoms. The number of fused-ring (bicyclic) bond motifs is 1. The minimum atomic E-state index is 0. The van der Waals surface area contributed by atoms with Crippen LogP contribution in [-0.4, -0.2) is 36.3 Å². The van der Waals surface area contributed by atoms with Crippen molar-refractivity contribution in [1.29, 1.82) is 0 Å². The number of halogens is 2. The Morgan fingerprint density at radius 1 is 1.06 bits per heavy atom. The highest BCUT2D eigenvalue weighted by molar-refractivity contribution is 6.30. The van der Waals surface area contributed by atoms with Crippen LogP contribution in [0.5, 0.6) is 0 Å². The fraction of sp³-hybridized carbons (Fsp3) is 0.240. The minimum Gasteiger partial charge on any atom is -0.464 e. The van der Waals surface area contributed by atoms with Gasteiger partial charge in [0.15, 0.2) is 0 Å². The molecule has 0 saturated heterocycles. The molecule has 162 valence electrons. The van der Waals surface area contributed by atoms with Gasteiger partial charge in [-0.15, -0.1) is 12.4 Å². The van der Waals surface area contributed by atoms with E-state index >= 15 is 0 Å². The van der Waals surface area contributed by atoms with Gasteiger partial charge in [0, 0.05) is 35.7 Å². The van der Waals surface area contributed by atoms with E-state index < -0.39 is 0 Å². The molecule has 3 aromatic rings. The van der Waals surface area contributed by atoms with E-state index in [9.17, 15) is 4.79 Å². The molecule has 0 spiro atoms. The van der Waals surface area contributed by atoms with Crippen molar-refractivity contribution < 1.29 is 9.21 Å². The van der Waals surface area contributed by atoms with E-state index in [0.717, 1.165) is 46.2 Å². The quantitative estimate of drug-likeness (QED) is 0.456. The van der Waals surface area contributed by atoms with Crippen molar-refractivity contribution in [1.82, 2.24) is 9.80 Å². The van der Waals surface area contributed by atoms with Gasteiger partial charge < -0.3 is 14.2 Å². The average Bonchev–Trinajstić information content (AvgIpc) is 3.14. The molecule has 0 fully saturated rings. The Labute approximate surface area is 194 Å². The standard InChI is InChI=1S/C25H25ClN2O2.ClH/c1-27(2)17-23-15-21-16-28(14-13-24(21)30-23)25(29)20-9-5-18(6-10-20)3-4-19-7-11-22(26)12-8-19;/h3-12,15H,13-14,16-17H2,1-2H3;1H.